The Bertz CT molecular complexity index is 1070. The number of rotatable bonds is 6. The van der Waals surface area contributed by atoms with Crippen LogP contribution in [0.15, 0.2) is 36.4 Å². The van der Waals surface area contributed by atoms with Gasteiger partial charge in [0.2, 0.25) is 0 Å². The van der Waals surface area contributed by atoms with E-state index >= 15 is 0 Å². The smallest absolute Gasteiger partial charge is 0.341 e. The number of anilines is 1. The molecule has 2 heterocycles. The average Bonchev–Trinajstić information content (AvgIpc) is 3.11. The van der Waals surface area contributed by atoms with Crippen LogP contribution in [-0.2, 0) is 11.3 Å². The summed E-state index contributed by atoms with van der Waals surface area (Å²) in [4.78, 5) is 20.3. The molecule has 6 nitrogen and oxygen atoms in total. The van der Waals surface area contributed by atoms with Crippen molar-refractivity contribution >= 4 is 44.3 Å². The molecule has 8 heteroatoms. The SMILES string of the molecule is Cc1cc(CN2CCN(c3nc4ccc(Cl)cc4s3)C[C@H]2C)cc(OCC(=O)O)c1. The molecule has 0 aliphatic carbocycles. The van der Waals surface area contributed by atoms with Gasteiger partial charge in [-0.15, -0.1) is 0 Å². The van der Waals surface area contributed by atoms with Crippen molar-refractivity contribution in [1.82, 2.24) is 9.88 Å². The molecule has 1 aliphatic heterocycles. The normalized spacial score (nSPS) is 17.4. The summed E-state index contributed by atoms with van der Waals surface area (Å²) in [5, 5.41) is 10.6. The summed E-state index contributed by atoms with van der Waals surface area (Å²) in [5.74, 6) is -0.369. The lowest BCUT2D eigenvalue weighted by Crippen LogP contribution is -2.51. The minimum absolute atomic E-state index is 0.328. The molecule has 2 aromatic carbocycles. The Kier molecular flexibility index (Phi) is 6.13. The van der Waals surface area contributed by atoms with Gasteiger partial charge in [-0.25, -0.2) is 9.78 Å². The zero-order valence-corrected chi connectivity index (χ0v) is 18.5. The molecular weight excluding hydrogens is 422 g/mol. The van der Waals surface area contributed by atoms with Crippen molar-refractivity contribution in [2.24, 2.45) is 0 Å². The second-order valence-corrected chi connectivity index (χ2v) is 9.16. The van der Waals surface area contributed by atoms with Crippen molar-refractivity contribution in [2.45, 2.75) is 26.4 Å². The number of benzene rings is 2. The van der Waals surface area contributed by atoms with Crippen molar-refractivity contribution in [1.29, 1.82) is 0 Å². The molecule has 0 unspecified atom stereocenters. The summed E-state index contributed by atoms with van der Waals surface area (Å²) >= 11 is 7.80. The number of hydrogen-bond donors (Lipinski definition) is 1. The standard InChI is InChI=1S/C22H24ClN3O3S/c1-14-7-16(9-18(8-14)29-13-21(27)28)12-25-5-6-26(11-15(25)2)22-24-19-4-3-17(23)10-20(19)30-22/h3-4,7-10,15H,5-6,11-13H2,1-2H3,(H,27,28)/t15-/m1/s1. The van der Waals surface area contributed by atoms with E-state index in [2.05, 4.69) is 22.8 Å². The zero-order chi connectivity index (χ0) is 21.3. The summed E-state index contributed by atoms with van der Waals surface area (Å²) < 4.78 is 6.49. The van der Waals surface area contributed by atoms with Gasteiger partial charge in [-0.3, -0.25) is 4.90 Å². The number of nitrogens with zero attached hydrogens (tertiary/aromatic N) is 3. The fourth-order valence-electron chi connectivity index (χ4n) is 3.80. The zero-order valence-electron chi connectivity index (χ0n) is 17.0. The Morgan fingerprint density at radius 1 is 1.30 bits per heavy atom. The number of aryl methyl sites for hydroxylation is 1. The molecule has 0 spiro atoms. The number of carboxylic acids is 1. The predicted octanol–water partition coefficient (Wildman–Crippen LogP) is 4.43. The van der Waals surface area contributed by atoms with Crippen LogP contribution in [0.25, 0.3) is 10.2 Å². The average molecular weight is 446 g/mol. The summed E-state index contributed by atoms with van der Waals surface area (Å²) in [5.41, 5.74) is 3.18. The van der Waals surface area contributed by atoms with Gasteiger partial charge in [-0.1, -0.05) is 29.0 Å². The molecule has 0 saturated carbocycles. The molecule has 1 N–H and O–H groups in total. The second kappa shape index (κ2) is 8.79. The molecule has 1 saturated heterocycles. The van der Waals surface area contributed by atoms with E-state index in [1.165, 1.54) is 0 Å². The largest absolute Gasteiger partial charge is 0.482 e. The third kappa shape index (κ3) is 4.86. The lowest BCUT2D eigenvalue weighted by molar-refractivity contribution is -0.139. The Balaban J connectivity index is 1.42. The molecule has 4 rings (SSSR count). The fourth-order valence-corrected chi connectivity index (χ4v) is 5.08. The minimum Gasteiger partial charge on any atom is -0.482 e. The summed E-state index contributed by atoms with van der Waals surface area (Å²) in [6.45, 7) is 7.44. The molecule has 0 radical (unpaired) electrons. The molecule has 0 amide bonds. The molecule has 0 bridgehead atoms. The Morgan fingerprint density at radius 2 is 2.13 bits per heavy atom. The first-order valence-corrected chi connectivity index (χ1v) is 11.1. The van der Waals surface area contributed by atoms with Gasteiger partial charge in [0.1, 0.15) is 5.75 Å². The second-order valence-electron chi connectivity index (χ2n) is 7.71. The van der Waals surface area contributed by atoms with Crippen molar-refractivity contribution in [3.8, 4) is 5.75 Å². The maximum Gasteiger partial charge on any atom is 0.341 e. The van der Waals surface area contributed by atoms with Crippen molar-refractivity contribution in [3.05, 3.63) is 52.5 Å². The van der Waals surface area contributed by atoms with Gasteiger partial charge in [-0.05, 0) is 55.3 Å². The van der Waals surface area contributed by atoms with E-state index < -0.39 is 5.97 Å². The van der Waals surface area contributed by atoms with Gasteiger partial charge in [0.05, 0.1) is 10.2 Å². The molecule has 3 aromatic rings. The van der Waals surface area contributed by atoms with Crippen LogP contribution in [0.2, 0.25) is 5.02 Å². The molecule has 1 aliphatic rings. The highest BCUT2D eigenvalue weighted by atomic mass is 35.5. The summed E-state index contributed by atoms with van der Waals surface area (Å²) in [7, 11) is 0. The number of thiazole rings is 1. The fraction of sp³-hybridized carbons (Fsp3) is 0.364. The van der Waals surface area contributed by atoms with Gasteiger partial charge in [-0.2, -0.15) is 0 Å². The number of halogens is 1. The van der Waals surface area contributed by atoms with E-state index in [0.717, 1.165) is 57.7 Å². The van der Waals surface area contributed by atoms with Crippen molar-refractivity contribution in [2.75, 3.05) is 31.1 Å². The quantitative estimate of drug-likeness (QED) is 0.605. The van der Waals surface area contributed by atoms with Crippen LogP contribution in [0, 0.1) is 6.92 Å². The van der Waals surface area contributed by atoms with Crippen LogP contribution in [0.5, 0.6) is 5.75 Å². The topological polar surface area (TPSA) is 65.9 Å². The lowest BCUT2D eigenvalue weighted by atomic mass is 10.1. The molecular formula is C22H24ClN3O3S. The monoisotopic (exact) mass is 445 g/mol. The number of hydrogen-bond acceptors (Lipinski definition) is 6. The summed E-state index contributed by atoms with van der Waals surface area (Å²) in [6.07, 6.45) is 0. The van der Waals surface area contributed by atoms with E-state index in [9.17, 15) is 4.79 Å². The number of fused-ring (bicyclic) bond motifs is 1. The number of carboxylic acid groups (broad SMARTS) is 1. The van der Waals surface area contributed by atoms with Crippen LogP contribution < -0.4 is 9.64 Å². The maximum atomic E-state index is 10.8. The molecule has 1 atom stereocenters. The van der Waals surface area contributed by atoms with E-state index in [1.54, 1.807) is 11.3 Å². The number of aromatic nitrogens is 1. The van der Waals surface area contributed by atoms with E-state index in [-0.39, 0.29) is 6.61 Å². The Labute approximate surface area is 184 Å². The number of ether oxygens (including phenoxy) is 1. The molecule has 1 fully saturated rings. The van der Waals surface area contributed by atoms with E-state index in [0.29, 0.717) is 11.8 Å². The van der Waals surface area contributed by atoms with E-state index in [4.69, 9.17) is 26.4 Å². The van der Waals surface area contributed by atoms with Crippen LogP contribution in [-0.4, -0.2) is 53.2 Å². The van der Waals surface area contributed by atoms with Gasteiger partial charge in [0.15, 0.2) is 11.7 Å². The van der Waals surface area contributed by atoms with E-state index in [1.807, 2.05) is 37.3 Å². The highest BCUT2D eigenvalue weighted by molar-refractivity contribution is 7.22. The van der Waals surface area contributed by atoms with Gasteiger partial charge in [0.25, 0.3) is 0 Å². The van der Waals surface area contributed by atoms with Gasteiger partial charge < -0.3 is 14.7 Å². The Morgan fingerprint density at radius 3 is 2.90 bits per heavy atom. The van der Waals surface area contributed by atoms with Crippen LogP contribution in [0.3, 0.4) is 0 Å². The number of aliphatic carboxylic acids is 1. The number of carbonyl (C=O) groups is 1. The first-order chi connectivity index (χ1) is 14.4. The molecule has 158 valence electrons. The maximum absolute atomic E-state index is 10.8. The first-order valence-electron chi connectivity index (χ1n) is 9.87. The van der Waals surface area contributed by atoms with Crippen LogP contribution in [0.4, 0.5) is 5.13 Å². The highest BCUT2D eigenvalue weighted by Gasteiger charge is 2.26. The highest BCUT2D eigenvalue weighted by Crippen LogP contribution is 2.32. The minimum atomic E-state index is -0.972. The van der Waals surface area contributed by atoms with Crippen LogP contribution >= 0.6 is 22.9 Å². The van der Waals surface area contributed by atoms with Crippen molar-refractivity contribution < 1.29 is 14.6 Å². The predicted molar refractivity (Wildman–Crippen MR) is 121 cm³/mol. The lowest BCUT2D eigenvalue weighted by Gasteiger charge is -2.39. The molecule has 30 heavy (non-hydrogen) atoms. The van der Waals surface area contributed by atoms with Crippen LogP contribution in [0.1, 0.15) is 18.1 Å². The first kappa shape index (κ1) is 20.9. The van der Waals surface area contributed by atoms with Gasteiger partial charge in [0, 0.05) is 37.2 Å². The van der Waals surface area contributed by atoms with Crippen molar-refractivity contribution in [3.63, 3.8) is 0 Å². The van der Waals surface area contributed by atoms with Gasteiger partial charge >= 0.3 is 5.97 Å². The Hall–Kier alpha value is -2.35. The number of piperazine rings is 1. The molecule has 1 aromatic heterocycles. The summed E-state index contributed by atoms with van der Waals surface area (Å²) in [6, 6.07) is 12.1. The third-order valence-corrected chi connectivity index (χ3v) is 6.55. The third-order valence-electron chi connectivity index (χ3n) is 5.23.